The number of nitrogens with one attached hydrogen (secondary N) is 1. The number of carbonyl (C=O) groups is 2. The molecule has 0 spiro atoms. The van der Waals surface area contributed by atoms with Crippen LogP contribution in [0.25, 0.3) is 0 Å². The van der Waals surface area contributed by atoms with Gasteiger partial charge in [0.25, 0.3) is 0 Å². The minimum Gasteiger partial charge on any atom is -0.343 e. The molecule has 0 aromatic heterocycles. The van der Waals surface area contributed by atoms with Crippen LogP contribution in [0.15, 0.2) is 0 Å². The van der Waals surface area contributed by atoms with Crippen molar-refractivity contribution in [2.45, 2.75) is 51.4 Å². The number of hydrogen-bond acceptors (Lipinski definition) is 3. The highest BCUT2D eigenvalue weighted by atomic mass is 32.2. The van der Waals surface area contributed by atoms with Gasteiger partial charge in [0.1, 0.15) is 12.1 Å². The molecule has 1 rings (SSSR count). The molecule has 5 heteroatoms. The van der Waals surface area contributed by atoms with Crippen molar-refractivity contribution in [2.75, 3.05) is 12.8 Å². The van der Waals surface area contributed by atoms with Crippen LogP contribution in [0.4, 0.5) is 0 Å². The van der Waals surface area contributed by atoms with Gasteiger partial charge in [-0.1, -0.05) is 27.7 Å². The predicted octanol–water partition coefficient (Wildman–Crippen LogP) is 1.50. The average Bonchev–Trinajstić information content (AvgIpc) is 2.32. The highest BCUT2D eigenvalue weighted by molar-refractivity contribution is 7.99. The summed E-state index contributed by atoms with van der Waals surface area (Å²) in [5, 5.41) is 3.18. The molecule has 1 aliphatic rings. The third-order valence-electron chi connectivity index (χ3n) is 3.40. The first-order chi connectivity index (χ1) is 8.42. The summed E-state index contributed by atoms with van der Waals surface area (Å²) in [6.07, 6.45) is 2.68. The van der Waals surface area contributed by atoms with Crippen LogP contribution in [-0.2, 0) is 9.59 Å². The SMILES string of the molecule is CCC1NC(=O)C(C(C)C)N(CC(C)SC)C1=O. The summed E-state index contributed by atoms with van der Waals surface area (Å²) in [5.41, 5.74) is 0. The Morgan fingerprint density at radius 3 is 2.39 bits per heavy atom. The van der Waals surface area contributed by atoms with E-state index in [0.717, 1.165) is 0 Å². The molecular weight excluding hydrogens is 248 g/mol. The van der Waals surface area contributed by atoms with Gasteiger partial charge in [-0.3, -0.25) is 9.59 Å². The van der Waals surface area contributed by atoms with Crippen LogP contribution in [0.3, 0.4) is 0 Å². The Labute approximate surface area is 114 Å². The van der Waals surface area contributed by atoms with Crippen LogP contribution in [0.1, 0.15) is 34.1 Å². The maximum absolute atomic E-state index is 12.4. The number of amides is 2. The van der Waals surface area contributed by atoms with Crippen molar-refractivity contribution >= 4 is 23.6 Å². The number of thioether (sulfide) groups is 1. The molecule has 0 aromatic rings. The average molecular weight is 272 g/mol. The summed E-state index contributed by atoms with van der Waals surface area (Å²) < 4.78 is 0. The second kappa shape index (κ2) is 6.45. The minimum absolute atomic E-state index is 0.00949. The smallest absolute Gasteiger partial charge is 0.245 e. The molecule has 1 heterocycles. The van der Waals surface area contributed by atoms with E-state index in [1.54, 1.807) is 16.7 Å². The lowest BCUT2D eigenvalue weighted by atomic mass is 9.96. The molecule has 1 fully saturated rings. The Bertz CT molecular complexity index is 320. The van der Waals surface area contributed by atoms with E-state index in [1.165, 1.54) is 0 Å². The van der Waals surface area contributed by atoms with Crippen molar-refractivity contribution in [3.63, 3.8) is 0 Å². The predicted molar refractivity (Wildman–Crippen MR) is 75.5 cm³/mol. The van der Waals surface area contributed by atoms with Crippen molar-refractivity contribution in [1.82, 2.24) is 10.2 Å². The zero-order valence-corrected chi connectivity index (χ0v) is 12.7. The first-order valence-electron chi connectivity index (χ1n) is 6.56. The van der Waals surface area contributed by atoms with Crippen molar-refractivity contribution in [3.8, 4) is 0 Å². The molecule has 3 atom stereocenters. The highest BCUT2D eigenvalue weighted by Crippen LogP contribution is 2.21. The lowest BCUT2D eigenvalue weighted by molar-refractivity contribution is -0.151. The molecular formula is C13H24N2O2S. The highest BCUT2D eigenvalue weighted by Gasteiger charge is 2.41. The maximum Gasteiger partial charge on any atom is 0.245 e. The van der Waals surface area contributed by atoms with Gasteiger partial charge in [0.2, 0.25) is 11.8 Å². The standard InChI is InChI=1S/C13H24N2O2S/c1-6-10-13(17)15(7-9(4)18-5)11(8(2)3)12(16)14-10/h8-11H,6-7H2,1-5H3,(H,14,16). The Morgan fingerprint density at radius 1 is 1.33 bits per heavy atom. The second-order valence-electron chi connectivity index (χ2n) is 5.20. The van der Waals surface area contributed by atoms with Crippen LogP contribution in [0.2, 0.25) is 0 Å². The van der Waals surface area contributed by atoms with Crippen molar-refractivity contribution in [1.29, 1.82) is 0 Å². The third kappa shape index (κ3) is 3.19. The van der Waals surface area contributed by atoms with Crippen LogP contribution >= 0.6 is 11.8 Å². The Kier molecular flexibility index (Phi) is 5.50. The topological polar surface area (TPSA) is 49.4 Å². The molecule has 0 radical (unpaired) electrons. The van der Waals surface area contributed by atoms with Crippen LogP contribution in [0.5, 0.6) is 0 Å². The lowest BCUT2D eigenvalue weighted by Crippen LogP contribution is -2.65. The van der Waals surface area contributed by atoms with Crippen molar-refractivity contribution < 1.29 is 9.59 Å². The summed E-state index contributed by atoms with van der Waals surface area (Å²) in [7, 11) is 0. The van der Waals surface area contributed by atoms with Gasteiger partial charge in [0.15, 0.2) is 0 Å². The van der Waals surface area contributed by atoms with Gasteiger partial charge in [-0.2, -0.15) is 11.8 Å². The van der Waals surface area contributed by atoms with Crippen molar-refractivity contribution in [2.24, 2.45) is 5.92 Å². The van der Waals surface area contributed by atoms with E-state index in [-0.39, 0.29) is 29.8 Å². The fourth-order valence-corrected chi connectivity index (χ4v) is 2.60. The molecule has 3 unspecified atom stereocenters. The minimum atomic E-state index is -0.346. The number of nitrogens with zero attached hydrogens (tertiary/aromatic N) is 1. The molecule has 2 amide bonds. The molecule has 1 aliphatic heterocycles. The molecule has 4 nitrogen and oxygen atoms in total. The molecule has 0 aliphatic carbocycles. The molecule has 104 valence electrons. The number of hydrogen-bond donors (Lipinski definition) is 1. The van der Waals surface area contributed by atoms with Gasteiger partial charge in [0, 0.05) is 11.8 Å². The quantitative estimate of drug-likeness (QED) is 0.825. The Morgan fingerprint density at radius 2 is 1.94 bits per heavy atom. The zero-order chi connectivity index (χ0) is 13.9. The molecule has 0 bridgehead atoms. The first-order valence-corrected chi connectivity index (χ1v) is 7.84. The van der Waals surface area contributed by atoms with Crippen LogP contribution in [-0.4, -0.2) is 46.8 Å². The first kappa shape index (κ1) is 15.3. The van der Waals surface area contributed by atoms with Gasteiger partial charge >= 0.3 is 0 Å². The summed E-state index contributed by atoms with van der Waals surface area (Å²) in [5.74, 6) is 0.197. The van der Waals surface area contributed by atoms with E-state index < -0.39 is 0 Å². The summed E-state index contributed by atoms with van der Waals surface area (Å²) in [6, 6.07) is -0.670. The van der Waals surface area contributed by atoms with Gasteiger partial charge in [0.05, 0.1) is 0 Å². The molecule has 1 saturated heterocycles. The largest absolute Gasteiger partial charge is 0.343 e. The van der Waals surface area contributed by atoms with Gasteiger partial charge in [-0.05, 0) is 18.6 Å². The van der Waals surface area contributed by atoms with Gasteiger partial charge in [-0.15, -0.1) is 0 Å². The summed E-state index contributed by atoms with van der Waals surface area (Å²) in [6.45, 7) is 8.63. The molecule has 18 heavy (non-hydrogen) atoms. The maximum atomic E-state index is 12.4. The monoisotopic (exact) mass is 272 g/mol. The number of carbonyl (C=O) groups excluding carboxylic acids is 2. The number of piperazine rings is 1. The molecule has 0 saturated carbocycles. The molecule has 0 aromatic carbocycles. The summed E-state index contributed by atoms with van der Waals surface area (Å²) >= 11 is 1.72. The normalized spacial score (nSPS) is 26.4. The van der Waals surface area contributed by atoms with E-state index in [2.05, 4.69) is 12.2 Å². The third-order valence-corrected chi connectivity index (χ3v) is 4.35. The zero-order valence-electron chi connectivity index (χ0n) is 11.9. The van der Waals surface area contributed by atoms with Crippen LogP contribution in [0, 0.1) is 5.92 Å². The lowest BCUT2D eigenvalue weighted by Gasteiger charge is -2.41. The van der Waals surface area contributed by atoms with E-state index >= 15 is 0 Å². The van der Waals surface area contributed by atoms with Gasteiger partial charge in [-0.25, -0.2) is 0 Å². The van der Waals surface area contributed by atoms with E-state index in [0.29, 0.717) is 18.2 Å². The van der Waals surface area contributed by atoms with Crippen molar-refractivity contribution in [3.05, 3.63) is 0 Å². The van der Waals surface area contributed by atoms with Gasteiger partial charge < -0.3 is 10.2 Å². The Hall–Kier alpha value is -0.710. The second-order valence-corrected chi connectivity index (χ2v) is 6.47. The Balaban J connectivity index is 2.94. The summed E-state index contributed by atoms with van der Waals surface area (Å²) in [4.78, 5) is 26.3. The van der Waals surface area contributed by atoms with E-state index in [1.807, 2.05) is 27.0 Å². The number of rotatable bonds is 5. The van der Waals surface area contributed by atoms with E-state index in [4.69, 9.17) is 0 Å². The van der Waals surface area contributed by atoms with Crippen LogP contribution < -0.4 is 5.32 Å². The fraction of sp³-hybridized carbons (Fsp3) is 0.846. The molecule has 1 N–H and O–H groups in total. The fourth-order valence-electron chi connectivity index (χ4n) is 2.29. The van der Waals surface area contributed by atoms with E-state index in [9.17, 15) is 9.59 Å².